The van der Waals surface area contributed by atoms with Gasteiger partial charge < -0.3 is 44.2 Å². The van der Waals surface area contributed by atoms with Crippen molar-refractivity contribution in [1.29, 1.82) is 0 Å². The molecule has 0 radical (unpaired) electrons. The summed E-state index contributed by atoms with van der Waals surface area (Å²) >= 11 is 0. The van der Waals surface area contributed by atoms with Gasteiger partial charge in [-0.05, 0) is 81.6 Å². The molecule has 0 spiro atoms. The zero-order valence-corrected chi connectivity index (χ0v) is 26.5. The highest BCUT2D eigenvalue weighted by Crippen LogP contribution is 2.08. The molecule has 0 aliphatic rings. The van der Waals surface area contributed by atoms with Gasteiger partial charge >= 0.3 is 0 Å². The van der Waals surface area contributed by atoms with Gasteiger partial charge in [0, 0.05) is 25.5 Å². The molecule has 252 valence electrons. The number of unbranched alkanes of at least 4 members (excludes halogenated alkanes) is 2. The monoisotopic (exact) mass is 638 g/mol. The molecule has 0 fully saturated rings. The van der Waals surface area contributed by atoms with Crippen molar-refractivity contribution in [2.75, 3.05) is 19.6 Å². The molecule has 2 rings (SSSR count). The number of pyridine rings is 1. The fourth-order valence-corrected chi connectivity index (χ4v) is 4.68. The number of nitrogens with zero attached hydrogens (tertiary/aromatic N) is 2. The zero-order chi connectivity index (χ0) is 33.6. The summed E-state index contributed by atoms with van der Waals surface area (Å²) in [5.74, 6) is -1.79. The lowest BCUT2D eigenvalue weighted by Crippen LogP contribution is -2.56. The summed E-state index contributed by atoms with van der Waals surface area (Å²) in [6.07, 6.45) is 7.19. The molecule has 12 N–H and O–H groups in total. The van der Waals surface area contributed by atoms with E-state index in [1.807, 2.05) is 36.4 Å². The Kier molecular flexibility index (Phi) is 18.0. The van der Waals surface area contributed by atoms with E-state index in [1.54, 1.807) is 18.5 Å². The molecule has 0 saturated heterocycles. The fraction of sp³-hybridized carbons (Fsp3) is 0.500. The number of rotatable bonds is 22. The average Bonchev–Trinajstić information content (AvgIpc) is 3.04. The number of carbonyl (C=O) groups excluding carboxylic acids is 4. The van der Waals surface area contributed by atoms with Crippen LogP contribution < -0.4 is 44.2 Å². The second kappa shape index (κ2) is 22.0. The van der Waals surface area contributed by atoms with Crippen molar-refractivity contribution in [2.24, 2.45) is 27.9 Å². The maximum atomic E-state index is 13.6. The van der Waals surface area contributed by atoms with Gasteiger partial charge in [-0.15, -0.1) is 0 Å². The topological polar surface area (TPSA) is 246 Å². The minimum absolute atomic E-state index is 0.0684. The molecule has 0 aliphatic carbocycles. The van der Waals surface area contributed by atoms with Crippen LogP contribution in [0.25, 0.3) is 0 Å². The number of carbonyl (C=O) groups is 4. The molecule has 14 heteroatoms. The van der Waals surface area contributed by atoms with E-state index < -0.39 is 35.8 Å². The summed E-state index contributed by atoms with van der Waals surface area (Å²) in [6.45, 7) is 1.36. The van der Waals surface area contributed by atoms with E-state index in [1.165, 1.54) is 0 Å². The van der Waals surface area contributed by atoms with Crippen LogP contribution in [-0.2, 0) is 32.1 Å². The largest absolute Gasteiger partial charge is 0.370 e. The molecule has 0 unspecified atom stereocenters. The standard InChI is InChI=1S/C32H50N10O4/c33-16-6-4-13-26(40-28(43)20-23-10-2-1-3-11-23)30(45)42-27(14-5-7-17-34)31(46)41-25(15-9-19-38-32(35)36)29(44)39-22-24-12-8-18-37-21-24/h1-3,8,10-12,18,21,25-27H,4-7,9,13-17,19-20,22,33-34H2,(H,39,44)(H,40,43)(H,41,46)(H,42,45)(H4,35,36,38)/t25-,26-,27-/m0/s1. The zero-order valence-electron chi connectivity index (χ0n) is 26.5. The summed E-state index contributed by atoms with van der Waals surface area (Å²) in [5.41, 5.74) is 23.8. The molecule has 2 aromatic rings. The van der Waals surface area contributed by atoms with Crippen molar-refractivity contribution in [3.63, 3.8) is 0 Å². The van der Waals surface area contributed by atoms with E-state index in [0.29, 0.717) is 58.0 Å². The Morgan fingerprint density at radius 1 is 0.696 bits per heavy atom. The van der Waals surface area contributed by atoms with E-state index in [-0.39, 0.29) is 37.8 Å². The number of guanidine groups is 1. The Labute approximate surface area is 270 Å². The predicted octanol–water partition coefficient (Wildman–Crippen LogP) is -0.293. The van der Waals surface area contributed by atoms with E-state index >= 15 is 0 Å². The molecule has 1 aromatic carbocycles. The number of nitrogens with two attached hydrogens (primary N) is 4. The summed E-state index contributed by atoms with van der Waals surface area (Å²) in [6, 6.07) is 10.0. The SMILES string of the molecule is NCCCC[C@H](NC(=O)Cc1ccccc1)C(=O)N[C@@H](CCCCN)C(=O)N[C@@H](CCCN=C(N)N)C(=O)NCc1cccnc1. The van der Waals surface area contributed by atoms with E-state index in [0.717, 1.165) is 11.1 Å². The second-order valence-electron chi connectivity index (χ2n) is 11.0. The number of benzene rings is 1. The Hall–Kier alpha value is -4.56. The lowest BCUT2D eigenvalue weighted by atomic mass is 10.0. The maximum Gasteiger partial charge on any atom is 0.243 e. The first kappa shape index (κ1) is 37.6. The van der Waals surface area contributed by atoms with Crippen molar-refractivity contribution in [3.05, 3.63) is 66.0 Å². The van der Waals surface area contributed by atoms with Crippen LogP contribution in [0.1, 0.15) is 62.5 Å². The minimum Gasteiger partial charge on any atom is -0.370 e. The van der Waals surface area contributed by atoms with Gasteiger partial charge in [-0.2, -0.15) is 0 Å². The summed E-state index contributed by atoms with van der Waals surface area (Å²) in [7, 11) is 0. The van der Waals surface area contributed by atoms with Crippen LogP contribution >= 0.6 is 0 Å². The van der Waals surface area contributed by atoms with Gasteiger partial charge in [-0.25, -0.2) is 0 Å². The molecular formula is C32H50N10O4. The first-order valence-electron chi connectivity index (χ1n) is 15.8. The maximum absolute atomic E-state index is 13.6. The van der Waals surface area contributed by atoms with Crippen LogP contribution in [0.15, 0.2) is 59.9 Å². The number of hydrogen-bond acceptors (Lipinski definition) is 8. The molecule has 0 aliphatic heterocycles. The molecule has 46 heavy (non-hydrogen) atoms. The molecule has 3 atom stereocenters. The minimum atomic E-state index is -0.964. The molecule has 14 nitrogen and oxygen atoms in total. The van der Waals surface area contributed by atoms with Crippen LogP contribution in [0, 0.1) is 0 Å². The average molecular weight is 639 g/mol. The Morgan fingerprint density at radius 2 is 1.26 bits per heavy atom. The Balaban J connectivity index is 2.16. The Bertz CT molecular complexity index is 1230. The molecule has 1 aromatic heterocycles. The quantitative estimate of drug-likeness (QED) is 0.0479. The van der Waals surface area contributed by atoms with Crippen molar-refractivity contribution >= 4 is 29.6 Å². The lowest BCUT2D eigenvalue weighted by molar-refractivity contribution is -0.134. The van der Waals surface area contributed by atoms with Crippen LogP contribution in [0.5, 0.6) is 0 Å². The van der Waals surface area contributed by atoms with E-state index in [9.17, 15) is 19.2 Å². The van der Waals surface area contributed by atoms with Crippen molar-refractivity contribution in [2.45, 2.75) is 82.5 Å². The van der Waals surface area contributed by atoms with E-state index in [2.05, 4.69) is 31.2 Å². The third kappa shape index (κ3) is 15.4. The van der Waals surface area contributed by atoms with Crippen LogP contribution in [-0.4, -0.2) is 72.3 Å². The third-order valence-electron chi connectivity index (χ3n) is 7.15. The summed E-state index contributed by atoms with van der Waals surface area (Å²) in [4.78, 5) is 61.3. The van der Waals surface area contributed by atoms with Crippen LogP contribution in [0.3, 0.4) is 0 Å². The molecule has 4 amide bonds. The smallest absolute Gasteiger partial charge is 0.243 e. The molecule has 0 bridgehead atoms. The predicted molar refractivity (Wildman–Crippen MR) is 178 cm³/mol. The van der Waals surface area contributed by atoms with Gasteiger partial charge in [0.15, 0.2) is 5.96 Å². The normalized spacial score (nSPS) is 12.7. The third-order valence-corrected chi connectivity index (χ3v) is 7.15. The summed E-state index contributed by atoms with van der Waals surface area (Å²) in [5, 5.41) is 11.3. The van der Waals surface area contributed by atoms with Gasteiger partial charge in [-0.3, -0.25) is 29.2 Å². The summed E-state index contributed by atoms with van der Waals surface area (Å²) < 4.78 is 0. The first-order valence-corrected chi connectivity index (χ1v) is 15.8. The number of nitrogens with one attached hydrogen (secondary N) is 4. The van der Waals surface area contributed by atoms with Crippen LogP contribution in [0.2, 0.25) is 0 Å². The molecule has 0 saturated carbocycles. The van der Waals surface area contributed by atoms with Gasteiger partial charge in [0.05, 0.1) is 6.42 Å². The second-order valence-corrected chi connectivity index (χ2v) is 11.0. The molecule has 1 heterocycles. The van der Waals surface area contributed by atoms with Gasteiger partial charge in [-0.1, -0.05) is 36.4 Å². The van der Waals surface area contributed by atoms with Crippen molar-refractivity contribution < 1.29 is 19.2 Å². The van der Waals surface area contributed by atoms with E-state index in [4.69, 9.17) is 22.9 Å². The van der Waals surface area contributed by atoms with Gasteiger partial charge in [0.25, 0.3) is 0 Å². The lowest BCUT2D eigenvalue weighted by Gasteiger charge is -2.25. The highest BCUT2D eigenvalue weighted by molar-refractivity contribution is 5.94. The van der Waals surface area contributed by atoms with Gasteiger partial charge in [0.2, 0.25) is 23.6 Å². The highest BCUT2D eigenvalue weighted by Gasteiger charge is 2.29. The first-order chi connectivity index (χ1) is 22.2. The fourth-order valence-electron chi connectivity index (χ4n) is 4.68. The number of aliphatic imine (C=N–C) groups is 1. The Morgan fingerprint density at radius 3 is 1.83 bits per heavy atom. The van der Waals surface area contributed by atoms with Crippen molar-refractivity contribution in [3.8, 4) is 0 Å². The molecular weight excluding hydrogens is 588 g/mol. The highest BCUT2D eigenvalue weighted by atomic mass is 16.2. The van der Waals surface area contributed by atoms with Crippen molar-refractivity contribution in [1.82, 2.24) is 26.3 Å². The number of amides is 4. The van der Waals surface area contributed by atoms with Gasteiger partial charge in [0.1, 0.15) is 18.1 Å². The number of aromatic nitrogens is 1. The number of hydrogen-bond donors (Lipinski definition) is 8. The van der Waals surface area contributed by atoms with Crippen LogP contribution in [0.4, 0.5) is 0 Å².